The Bertz CT molecular complexity index is 457. The number of ether oxygens (including phenoxy) is 1. The SMILES string of the molecule is C=CC[C@H]1CC[C@@H](c2ccc(Cl)cc2)NC(C(C)C)COC1. The molecule has 2 nitrogen and oxygen atoms in total. The maximum absolute atomic E-state index is 6.03. The smallest absolute Gasteiger partial charge is 0.0622 e. The largest absolute Gasteiger partial charge is 0.380 e. The fraction of sp³-hybridized carbons (Fsp3) is 0.579. The predicted octanol–water partition coefficient (Wildman–Crippen LogP) is 5.00. The van der Waals surface area contributed by atoms with E-state index in [-0.39, 0.29) is 0 Å². The van der Waals surface area contributed by atoms with Gasteiger partial charge in [-0.15, -0.1) is 6.58 Å². The molecule has 1 saturated heterocycles. The van der Waals surface area contributed by atoms with Gasteiger partial charge < -0.3 is 10.1 Å². The summed E-state index contributed by atoms with van der Waals surface area (Å²) in [4.78, 5) is 0. The van der Waals surface area contributed by atoms with Gasteiger partial charge in [0.15, 0.2) is 0 Å². The second kappa shape index (κ2) is 8.71. The van der Waals surface area contributed by atoms with Gasteiger partial charge in [0.2, 0.25) is 0 Å². The minimum atomic E-state index is 0.360. The lowest BCUT2D eigenvalue weighted by molar-refractivity contribution is 0.0752. The first kappa shape index (κ1) is 17.5. The molecule has 2 rings (SSSR count). The van der Waals surface area contributed by atoms with E-state index in [0.29, 0.717) is 23.9 Å². The Balaban J connectivity index is 2.15. The number of benzene rings is 1. The van der Waals surface area contributed by atoms with Crippen LogP contribution >= 0.6 is 11.6 Å². The van der Waals surface area contributed by atoms with Gasteiger partial charge in [0.25, 0.3) is 0 Å². The van der Waals surface area contributed by atoms with Crippen LogP contribution in [-0.4, -0.2) is 19.3 Å². The van der Waals surface area contributed by atoms with E-state index in [1.807, 2.05) is 18.2 Å². The molecule has 1 N–H and O–H groups in total. The van der Waals surface area contributed by atoms with Crippen LogP contribution in [0.25, 0.3) is 0 Å². The van der Waals surface area contributed by atoms with Crippen molar-refractivity contribution in [3.8, 4) is 0 Å². The molecule has 1 heterocycles. The Morgan fingerprint density at radius 3 is 2.64 bits per heavy atom. The first-order valence-electron chi connectivity index (χ1n) is 8.30. The van der Waals surface area contributed by atoms with Crippen molar-refractivity contribution < 1.29 is 4.74 Å². The van der Waals surface area contributed by atoms with Gasteiger partial charge in [-0.1, -0.05) is 43.7 Å². The third-order valence-electron chi connectivity index (χ3n) is 4.51. The van der Waals surface area contributed by atoms with E-state index in [0.717, 1.165) is 37.5 Å². The first-order chi connectivity index (χ1) is 10.6. The number of nitrogens with one attached hydrogen (secondary N) is 1. The average Bonchev–Trinajstić information content (AvgIpc) is 2.59. The van der Waals surface area contributed by atoms with Gasteiger partial charge in [-0.3, -0.25) is 0 Å². The highest BCUT2D eigenvalue weighted by Gasteiger charge is 2.23. The van der Waals surface area contributed by atoms with Gasteiger partial charge in [0.05, 0.1) is 6.61 Å². The maximum Gasteiger partial charge on any atom is 0.0622 e. The third kappa shape index (κ3) is 5.12. The molecule has 0 aromatic heterocycles. The van der Waals surface area contributed by atoms with Crippen molar-refractivity contribution in [1.29, 1.82) is 0 Å². The van der Waals surface area contributed by atoms with Crippen LogP contribution in [-0.2, 0) is 4.74 Å². The second-order valence-corrected chi connectivity index (χ2v) is 7.06. The summed E-state index contributed by atoms with van der Waals surface area (Å²) in [6.07, 6.45) is 5.31. The van der Waals surface area contributed by atoms with Gasteiger partial charge in [-0.25, -0.2) is 0 Å². The van der Waals surface area contributed by atoms with E-state index in [2.05, 4.69) is 37.9 Å². The predicted molar refractivity (Wildman–Crippen MR) is 94.3 cm³/mol. The van der Waals surface area contributed by atoms with Crippen LogP contribution in [0.4, 0.5) is 0 Å². The molecule has 1 unspecified atom stereocenters. The zero-order chi connectivity index (χ0) is 15.9. The molecule has 3 atom stereocenters. The molecule has 1 aromatic carbocycles. The van der Waals surface area contributed by atoms with E-state index in [9.17, 15) is 0 Å². The van der Waals surface area contributed by atoms with Gasteiger partial charge in [0.1, 0.15) is 0 Å². The molecule has 1 aliphatic rings. The standard InChI is InChI=1S/C19H28ClNO/c1-4-5-15-6-11-18(16-7-9-17(20)10-8-16)21-19(14(2)3)13-22-12-15/h4,7-10,14-15,18-19,21H,1,5-6,11-13H2,2-3H3/t15-,18-,19?/m0/s1. The summed E-state index contributed by atoms with van der Waals surface area (Å²) in [6.45, 7) is 9.99. The number of allylic oxidation sites excluding steroid dienone is 1. The van der Waals surface area contributed by atoms with E-state index in [1.165, 1.54) is 5.56 Å². The van der Waals surface area contributed by atoms with Gasteiger partial charge in [0, 0.05) is 23.7 Å². The van der Waals surface area contributed by atoms with Gasteiger partial charge in [-0.2, -0.15) is 0 Å². The van der Waals surface area contributed by atoms with Crippen molar-refractivity contribution in [2.75, 3.05) is 13.2 Å². The summed E-state index contributed by atoms with van der Waals surface area (Å²) in [5.41, 5.74) is 1.31. The summed E-state index contributed by atoms with van der Waals surface area (Å²) >= 11 is 6.03. The molecule has 0 radical (unpaired) electrons. The number of hydrogen-bond acceptors (Lipinski definition) is 2. The molecular formula is C19H28ClNO. The Morgan fingerprint density at radius 2 is 2.00 bits per heavy atom. The van der Waals surface area contributed by atoms with E-state index >= 15 is 0 Å². The van der Waals surface area contributed by atoms with Crippen molar-refractivity contribution >= 4 is 11.6 Å². The van der Waals surface area contributed by atoms with E-state index in [1.54, 1.807) is 0 Å². The third-order valence-corrected chi connectivity index (χ3v) is 4.76. The zero-order valence-corrected chi connectivity index (χ0v) is 14.5. The number of hydrogen-bond donors (Lipinski definition) is 1. The quantitative estimate of drug-likeness (QED) is 0.788. The molecule has 0 aliphatic carbocycles. The van der Waals surface area contributed by atoms with Crippen molar-refractivity contribution in [3.05, 3.63) is 47.5 Å². The minimum Gasteiger partial charge on any atom is -0.380 e. The van der Waals surface area contributed by atoms with Crippen molar-refractivity contribution in [1.82, 2.24) is 5.32 Å². The Labute approximate surface area is 139 Å². The molecule has 0 saturated carbocycles. The molecule has 0 amide bonds. The van der Waals surface area contributed by atoms with E-state index in [4.69, 9.17) is 16.3 Å². The molecule has 3 heteroatoms. The minimum absolute atomic E-state index is 0.360. The summed E-state index contributed by atoms with van der Waals surface area (Å²) < 4.78 is 5.97. The van der Waals surface area contributed by atoms with Gasteiger partial charge >= 0.3 is 0 Å². The van der Waals surface area contributed by atoms with Crippen LogP contribution in [0.15, 0.2) is 36.9 Å². The van der Waals surface area contributed by atoms with Crippen LogP contribution in [0.1, 0.15) is 44.7 Å². The first-order valence-corrected chi connectivity index (χ1v) is 8.68. The average molecular weight is 322 g/mol. The Kier molecular flexibility index (Phi) is 6.94. The number of halogens is 1. The molecule has 122 valence electrons. The lowest BCUT2D eigenvalue weighted by atomic mass is 9.93. The van der Waals surface area contributed by atoms with Crippen LogP contribution in [0, 0.1) is 11.8 Å². The Hall–Kier alpha value is -0.830. The fourth-order valence-corrected chi connectivity index (χ4v) is 3.13. The highest BCUT2D eigenvalue weighted by molar-refractivity contribution is 6.30. The highest BCUT2D eigenvalue weighted by Crippen LogP contribution is 2.27. The molecule has 0 bridgehead atoms. The lowest BCUT2D eigenvalue weighted by Gasteiger charge is -2.27. The summed E-state index contributed by atoms with van der Waals surface area (Å²) in [5, 5.41) is 4.59. The zero-order valence-electron chi connectivity index (χ0n) is 13.7. The molecular weight excluding hydrogens is 294 g/mol. The topological polar surface area (TPSA) is 21.3 Å². The second-order valence-electron chi connectivity index (χ2n) is 6.63. The van der Waals surface area contributed by atoms with Crippen LogP contribution in [0.2, 0.25) is 5.02 Å². The number of rotatable bonds is 4. The lowest BCUT2D eigenvalue weighted by Crippen LogP contribution is -2.40. The molecule has 1 aromatic rings. The summed E-state index contributed by atoms with van der Waals surface area (Å²) in [7, 11) is 0. The Morgan fingerprint density at radius 1 is 1.27 bits per heavy atom. The monoisotopic (exact) mass is 321 g/mol. The van der Waals surface area contributed by atoms with Crippen molar-refractivity contribution in [2.24, 2.45) is 11.8 Å². The van der Waals surface area contributed by atoms with E-state index < -0.39 is 0 Å². The fourth-order valence-electron chi connectivity index (χ4n) is 3.00. The van der Waals surface area contributed by atoms with Gasteiger partial charge in [-0.05, 0) is 48.8 Å². The van der Waals surface area contributed by atoms with Crippen LogP contribution in [0.3, 0.4) is 0 Å². The normalized spacial score (nSPS) is 27.0. The maximum atomic E-state index is 6.03. The molecule has 0 spiro atoms. The molecule has 22 heavy (non-hydrogen) atoms. The van der Waals surface area contributed by atoms with Crippen molar-refractivity contribution in [2.45, 2.75) is 45.2 Å². The van der Waals surface area contributed by atoms with Crippen LogP contribution in [0.5, 0.6) is 0 Å². The van der Waals surface area contributed by atoms with Crippen LogP contribution < -0.4 is 5.32 Å². The molecule has 1 aliphatic heterocycles. The highest BCUT2D eigenvalue weighted by atomic mass is 35.5. The molecule has 1 fully saturated rings. The summed E-state index contributed by atoms with van der Waals surface area (Å²) in [5.74, 6) is 1.12. The van der Waals surface area contributed by atoms with Crippen molar-refractivity contribution in [3.63, 3.8) is 0 Å². The summed E-state index contributed by atoms with van der Waals surface area (Å²) in [6, 6.07) is 8.97.